The van der Waals surface area contributed by atoms with Crippen LogP contribution in [-0.2, 0) is 0 Å². The number of hydrogen-bond acceptors (Lipinski definition) is 4. The normalized spacial score (nSPS) is 11.2. The van der Waals surface area contributed by atoms with E-state index < -0.39 is 0 Å². The number of para-hydroxylation sites is 2. The van der Waals surface area contributed by atoms with Crippen molar-refractivity contribution in [3.8, 4) is 11.5 Å². The zero-order valence-electron chi connectivity index (χ0n) is 15.7. The van der Waals surface area contributed by atoms with Crippen molar-refractivity contribution in [2.75, 3.05) is 26.4 Å². The second-order valence-electron chi connectivity index (χ2n) is 6.74. The maximum absolute atomic E-state index is 9.12. The molecule has 0 unspecified atom stereocenters. The summed E-state index contributed by atoms with van der Waals surface area (Å²) >= 11 is 0. The Kier molecular flexibility index (Phi) is 8.45. The first-order chi connectivity index (χ1) is 12.7. The average molecular weight is 358 g/mol. The van der Waals surface area contributed by atoms with Crippen LogP contribution in [0.5, 0.6) is 11.5 Å². The molecule has 4 heteroatoms. The molecule has 0 aromatic heterocycles. The van der Waals surface area contributed by atoms with E-state index in [0.717, 1.165) is 35.5 Å². The highest BCUT2D eigenvalue weighted by Crippen LogP contribution is 2.40. The molecule has 0 heterocycles. The predicted octanol–water partition coefficient (Wildman–Crippen LogP) is 4.00. The van der Waals surface area contributed by atoms with Gasteiger partial charge in [-0.25, -0.2) is 0 Å². The molecule has 2 aromatic rings. The lowest BCUT2D eigenvalue weighted by atomic mass is 9.84. The van der Waals surface area contributed by atoms with Gasteiger partial charge in [0.05, 0.1) is 13.2 Å². The third-order valence-electron chi connectivity index (χ3n) is 4.32. The zero-order valence-corrected chi connectivity index (χ0v) is 15.7. The summed E-state index contributed by atoms with van der Waals surface area (Å²) in [6.07, 6.45) is 2.05. The maximum Gasteiger partial charge on any atom is 0.123 e. The Bertz CT molecular complexity index is 603. The molecule has 0 saturated carbocycles. The van der Waals surface area contributed by atoms with Crippen molar-refractivity contribution in [2.24, 2.45) is 5.92 Å². The van der Waals surface area contributed by atoms with Crippen molar-refractivity contribution in [1.29, 1.82) is 0 Å². The number of aliphatic hydroxyl groups is 2. The fourth-order valence-electron chi connectivity index (χ4n) is 3.09. The SMILES string of the molecule is CC(C)CCC(c1ccccc1OCCO)c1ccccc1OCCO. The molecule has 4 nitrogen and oxygen atoms in total. The van der Waals surface area contributed by atoms with Crippen molar-refractivity contribution in [1.82, 2.24) is 0 Å². The number of rotatable bonds is 11. The molecule has 2 aromatic carbocycles. The highest BCUT2D eigenvalue weighted by atomic mass is 16.5. The number of benzene rings is 2. The van der Waals surface area contributed by atoms with Gasteiger partial charge in [-0.2, -0.15) is 0 Å². The van der Waals surface area contributed by atoms with Crippen LogP contribution in [0.25, 0.3) is 0 Å². The summed E-state index contributed by atoms with van der Waals surface area (Å²) in [7, 11) is 0. The largest absolute Gasteiger partial charge is 0.491 e. The highest BCUT2D eigenvalue weighted by Gasteiger charge is 2.22. The number of aliphatic hydroxyl groups excluding tert-OH is 2. The quantitative estimate of drug-likeness (QED) is 0.637. The first kappa shape index (κ1) is 20.3. The first-order valence-electron chi connectivity index (χ1n) is 9.32. The van der Waals surface area contributed by atoms with Crippen LogP contribution in [0, 0.1) is 5.92 Å². The zero-order chi connectivity index (χ0) is 18.8. The number of ether oxygens (including phenoxy) is 2. The van der Waals surface area contributed by atoms with Crippen molar-refractivity contribution in [3.05, 3.63) is 59.7 Å². The topological polar surface area (TPSA) is 58.9 Å². The molecule has 0 aliphatic carbocycles. The van der Waals surface area contributed by atoms with Crippen LogP contribution in [-0.4, -0.2) is 36.6 Å². The van der Waals surface area contributed by atoms with Gasteiger partial charge in [-0.05, 0) is 24.5 Å². The van der Waals surface area contributed by atoms with E-state index in [4.69, 9.17) is 19.7 Å². The lowest BCUT2D eigenvalue weighted by Gasteiger charge is -2.24. The van der Waals surface area contributed by atoms with Crippen LogP contribution in [0.3, 0.4) is 0 Å². The van der Waals surface area contributed by atoms with E-state index in [1.165, 1.54) is 0 Å². The summed E-state index contributed by atoms with van der Waals surface area (Å²) in [5.74, 6) is 2.32. The molecule has 0 aliphatic heterocycles. The van der Waals surface area contributed by atoms with E-state index in [0.29, 0.717) is 5.92 Å². The van der Waals surface area contributed by atoms with Gasteiger partial charge in [0.15, 0.2) is 0 Å². The first-order valence-corrected chi connectivity index (χ1v) is 9.32. The van der Waals surface area contributed by atoms with Crippen molar-refractivity contribution in [3.63, 3.8) is 0 Å². The van der Waals surface area contributed by atoms with E-state index in [9.17, 15) is 0 Å². The Balaban J connectivity index is 2.42. The molecular weight excluding hydrogens is 328 g/mol. The maximum atomic E-state index is 9.12. The summed E-state index contributed by atoms with van der Waals surface area (Å²) in [5.41, 5.74) is 2.20. The van der Waals surface area contributed by atoms with Crippen LogP contribution in [0.2, 0.25) is 0 Å². The van der Waals surface area contributed by atoms with E-state index in [1.807, 2.05) is 36.4 Å². The predicted molar refractivity (Wildman–Crippen MR) is 104 cm³/mol. The monoisotopic (exact) mass is 358 g/mol. The van der Waals surface area contributed by atoms with Crippen molar-refractivity contribution in [2.45, 2.75) is 32.6 Å². The second-order valence-corrected chi connectivity index (χ2v) is 6.74. The Labute approximate surface area is 156 Å². The van der Waals surface area contributed by atoms with E-state index in [2.05, 4.69) is 26.0 Å². The lowest BCUT2D eigenvalue weighted by molar-refractivity contribution is 0.198. The van der Waals surface area contributed by atoms with Gasteiger partial charge in [-0.15, -0.1) is 0 Å². The molecule has 0 fully saturated rings. The van der Waals surface area contributed by atoms with Gasteiger partial charge in [0, 0.05) is 17.0 Å². The molecule has 0 saturated heterocycles. The molecule has 142 valence electrons. The van der Waals surface area contributed by atoms with Crippen LogP contribution in [0.15, 0.2) is 48.5 Å². The van der Waals surface area contributed by atoms with Gasteiger partial charge < -0.3 is 19.7 Å². The molecule has 2 rings (SSSR count). The fraction of sp³-hybridized carbons (Fsp3) is 0.455. The molecular formula is C22H30O4. The number of hydrogen-bond donors (Lipinski definition) is 2. The Morgan fingerprint density at radius 2 is 1.19 bits per heavy atom. The summed E-state index contributed by atoms with van der Waals surface area (Å²) < 4.78 is 11.6. The summed E-state index contributed by atoms with van der Waals surface area (Å²) in [6, 6.07) is 16.0. The molecule has 0 spiro atoms. The Hall–Kier alpha value is -2.04. The van der Waals surface area contributed by atoms with Crippen molar-refractivity contribution >= 4 is 0 Å². The van der Waals surface area contributed by atoms with Crippen LogP contribution in [0.4, 0.5) is 0 Å². The van der Waals surface area contributed by atoms with Gasteiger partial charge in [-0.1, -0.05) is 56.7 Å². The Morgan fingerprint density at radius 3 is 1.62 bits per heavy atom. The highest BCUT2D eigenvalue weighted by molar-refractivity contribution is 5.47. The summed E-state index contributed by atoms with van der Waals surface area (Å²) in [4.78, 5) is 0. The lowest BCUT2D eigenvalue weighted by Crippen LogP contribution is -2.11. The minimum absolute atomic E-state index is 0.0127. The van der Waals surface area contributed by atoms with Gasteiger partial charge >= 0.3 is 0 Å². The minimum atomic E-state index is -0.0127. The molecule has 0 amide bonds. The molecule has 26 heavy (non-hydrogen) atoms. The van der Waals surface area contributed by atoms with Gasteiger partial charge in [0.2, 0.25) is 0 Å². The summed E-state index contributed by atoms with van der Waals surface area (Å²) in [5, 5.41) is 18.2. The van der Waals surface area contributed by atoms with E-state index >= 15 is 0 Å². The standard InChI is InChI=1S/C22H30O4/c1-17(2)11-12-18(19-7-3-5-9-21(19)25-15-13-23)20-8-4-6-10-22(20)26-16-14-24/h3-10,17-18,23-24H,11-16H2,1-2H3. The molecule has 0 radical (unpaired) electrons. The fourth-order valence-corrected chi connectivity index (χ4v) is 3.09. The smallest absolute Gasteiger partial charge is 0.123 e. The molecule has 0 bridgehead atoms. The van der Waals surface area contributed by atoms with E-state index in [-0.39, 0.29) is 32.3 Å². The second kappa shape index (κ2) is 10.8. The third-order valence-corrected chi connectivity index (χ3v) is 4.32. The average Bonchev–Trinajstić information content (AvgIpc) is 2.66. The van der Waals surface area contributed by atoms with Crippen molar-refractivity contribution < 1.29 is 19.7 Å². The van der Waals surface area contributed by atoms with Crippen LogP contribution < -0.4 is 9.47 Å². The molecule has 2 N–H and O–H groups in total. The minimum Gasteiger partial charge on any atom is -0.491 e. The van der Waals surface area contributed by atoms with Gasteiger partial charge in [-0.3, -0.25) is 0 Å². The van der Waals surface area contributed by atoms with Gasteiger partial charge in [0.1, 0.15) is 24.7 Å². The Morgan fingerprint density at radius 1 is 0.731 bits per heavy atom. The van der Waals surface area contributed by atoms with Crippen LogP contribution in [0.1, 0.15) is 43.7 Å². The van der Waals surface area contributed by atoms with E-state index in [1.54, 1.807) is 0 Å². The molecule has 0 aliphatic rings. The third kappa shape index (κ3) is 5.75. The van der Waals surface area contributed by atoms with Gasteiger partial charge in [0.25, 0.3) is 0 Å². The molecule has 0 atom stereocenters. The summed E-state index contributed by atoms with van der Waals surface area (Å²) in [6.45, 7) is 4.97. The van der Waals surface area contributed by atoms with Crippen LogP contribution >= 0.6 is 0 Å².